The molecule has 0 radical (unpaired) electrons. The summed E-state index contributed by atoms with van der Waals surface area (Å²) in [5, 5.41) is 9.47. The van der Waals surface area contributed by atoms with E-state index in [0.29, 0.717) is 0 Å². The average Bonchev–Trinajstić information content (AvgIpc) is 2.52. The van der Waals surface area contributed by atoms with Crippen molar-refractivity contribution in [3.63, 3.8) is 0 Å². The van der Waals surface area contributed by atoms with Crippen LogP contribution in [0.5, 0.6) is 0 Å². The van der Waals surface area contributed by atoms with Gasteiger partial charge in [-0.1, -0.05) is 48.0 Å². The minimum Gasteiger partial charge on any atom is -0.394 e. The fourth-order valence-corrected chi connectivity index (χ4v) is 3.59. The van der Waals surface area contributed by atoms with Crippen molar-refractivity contribution < 1.29 is 26.7 Å². The number of aliphatic hydroxyl groups is 1. The van der Waals surface area contributed by atoms with E-state index in [0.717, 1.165) is 17.7 Å². The van der Waals surface area contributed by atoms with Crippen molar-refractivity contribution in [2.24, 2.45) is 0 Å². The van der Waals surface area contributed by atoms with Crippen LogP contribution >= 0.6 is 0 Å². The molecule has 0 aliphatic heterocycles. The van der Waals surface area contributed by atoms with Crippen molar-refractivity contribution in [2.75, 3.05) is 6.61 Å². The minimum absolute atomic E-state index is 0.314. The number of benzene rings is 2. The summed E-state index contributed by atoms with van der Waals surface area (Å²) in [5.41, 5.74) is -2.75. The summed E-state index contributed by atoms with van der Waals surface area (Å²) in [5.74, 6) is 0. The van der Waals surface area contributed by atoms with E-state index < -0.39 is 33.9 Å². The number of halogens is 3. The molecule has 0 aliphatic rings. The number of rotatable bonds is 5. The molecule has 1 atom stereocenters. The van der Waals surface area contributed by atoms with Crippen LogP contribution < -0.4 is 4.72 Å². The summed E-state index contributed by atoms with van der Waals surface area (Å²) in [7, 11) is -4.51. The third-order valence-electron chi connectivity index (χ3n) is 3.63. The third-order valence-corrected chi connectivity index (χ3v) is 5.14. The van der Waals surface area contributed by atoms with E-state index in [9.17, 15) is 26.7 Å². The van der Waals surface area contributed by atoms with Crippen molar-refractivity contribution in [1.29, 1.82) is 0 Å². The predicted molar refractivity (Wildman–Crippen MR) is 82.8 cm³/mol. The van der Waals surface area contributed by atoms with Gasteiger partial charge in [0.1, 0.15) is 0 Å². The van der Waals surface area contributed by atoms with Gasteiger partial charge in [0.2, 0.25) is 10.0 Å². The molecule has 0 fully saturated rings. The molecule has 2 N–H and O–H groups in total. The maximum atomic E-state index is 13.7. The molecule has 8 heteroatoms. The fraction of sp³-hybridized carbons (Fsp3) is 0.250. The van der Waals surface area contributed by atoms with Crippen LogP contribution in [0, 0.1) is 6.92 Å². The van der Waals surface area contributed by atoms with Gasteiger partial charge in [0.05, 0.1) is 11.5 Å². The summed E-state index contributed by atoms with van der Waals surface area (Å²) in [6.45, 7) is 0.257. The molecule has 0 bridgehead atoms. The lowest BCUT2D eigenvalue weighted by Crippen LogP contribution is -2.58. The second-order valence-corrected chi connectivity index (χ2v) is 7.03. The third kappa shape index (κ3) is 3.45. The molecule has 2 aromatic rings. The largest absolute Gasteiger partial charge is 0.413 e. The lowest BCUT2D eigenvalue weighted by Gasteiger charge is -2.35. The Morgan fingerprint density at radius 2 is 1.54 bits per heavy atom. The highest BCUT2D eigenvalue weighted by molar-refractivity contribution is 7.89. The summed E-state index contributed by atoms with van der Waals surface area (Å²) in [6, 6.07) is 11.8. The Hall–Kier alpha value is -1.90. The Morgan fingerprint density at radius 1 is 1.00 bits per heavy atom. The molecule has 24 heavy (non-hydrogen) atoms. The Bertz CT molecular complexity index is 790. The molecule has 0 saturated heterocycles. The quantitative estimate of drug-likeness (QED) is 0.863. The highest BCUT2D eigenvalue weighted by Crippen LogP contribution is 2.39. The van der Waals surface area contributed by atoms with Crippen LogP contribution in [0.1, 0.15) is 11.1 Å². The van der Waals surface area contributed by atoms with Crippen molar-refractivity contribution in [3.8, 4) is 0 Å². The van der Waals surface area contributed by atoms with Crippen LogP contribution in [0.2, 0.25) is 0 Å². The normalized spacial score (nSPS) is 15.0. The average molecular weight is 359 g/mol. The lowest BCUT2D eigenvalue weighted by atomic mass is 9.91. The number of alkyl halides is 3. The van der Waals surface area contributed by atoms with E-state index in [2.05, 4.69) is 0 Å². The standard InChI is InChI=1S/C16H16F3NO3S/c1-12-7-9-14(10-8-12)24(22,23)20-15(11-21,16(17,18)19)13-5-3-2-4-6-13/h2-10,20-21H,11H2,1H3/t15-/m1/s1. The van der Waals surface area contributed by atoms with Gasteiger partial charge >= 0.3 is 6.18 Å². The monoisotopic (exact) mass is 359 g/mol. The number of aryl methyl sites for hydroxylation is 1. The van der Waals surface area contributed by atoms with Gasteiger partial charge in [-0.2, -0.15) is 17.9 Å². The van der Waals surface area contributed by atoms with Gasteiger partial charge in [-0.15, -0.1) is 0 Å². The first kappa shape index (κ1) is 18.4. The van der Waals surface area contributed by atoms with Gasteiger partial charge in [0.25, 0.3) is 0 Å². The second-order valence-electron chi connectivity index (χ2n) is 5.35. The van der Waals surface area contributed by atoms with Crippen molar-refractivity contribution in [2.45, 2.75) is 23.5 Å². The molecule has 0 spiro atoms. The molecule has 0 aliphatic carbocycles. The topological polar surface area (TPSA) is 66.4 Å². The Balaban J connectivity index is 2.55. The summed E-state index contributed by atoms with van der Waals surface area (Å²) in [6.07, 6.45) is -5.04. The van der Waals surface area contributed by atoms with Crippen LogP contribution in [0.3, 0.4) is 0 Å². The Labute approximate surface area is 138 Å². The molecular weight excluding hydrogens is 343 g/mol. The van der Waals surface area contributed by atoms with Gasteiger partial charge in [-0.05, 0) is 24.6 Å². The second kappa shape index (κ2) is 6.54. The highest BCUT2D eigenvalue weighted by atomic mass is 32.2. The molecular formula is C16H16F3NO3S. The molecule has 0 heterocycles. The van der Waals surface area contributed by atoms with E-state index in [-0.39, 0.29) is 4.90 Å². The van der Waals surface area contributed by atoms with E-state index in [4.69, 9.17) is 0 Å². The SMILES string of the molecule is Cc1ccc(S(=O)(=O)N[C@](CO)(c2ccccc2)C(F)(F)F)cc1. The van der Waals surface area contributed by atoms with Gasteiger partial charge in [-0.25, -0.2) is 8.42 Å². The summed E-state index contributed by atoms with van der Waals surface area (Å²) >= 11 is 0. The van der Waals surface area contributed by atoms with Crippen LogP contribution in [-0.2, 0) is 15.6 Å². The van der Waals surface area contributed by atoms with Gasteiger partial charge < -0.3 is 5.11 Å². The minimum atomic E-state index is -5.04. The smallest absolute Gasteiger partial charge is 0.394 e. The summed E-state index contributed by atoms with van der Waals surface area (Å²) < 4.78 is 67.5. The molecule has 0 unspecified atom stereocenters. The van der Waals surface area contributed by atoms with Crippen molar-refractivity contribution >= 4 is 10.0 Å². The van der Waals surface area contributed by atoms with Gasteiger partial charge in [0.15, 0.2) is 5.54 Å². The van der Waals surface area contributed by atoms with Crippen LogP contribution in [0.25, 0.3) is 0 Å². The Kier molecular flexibility index (Phi) is 5.03. The van der Waals surface area contributed by atoms with Crippen LogP contribution in [0.4, 0.5) is 13.2 Å². The van der Waals surface area contributed by atoms with Crippen LogP contribution in [-0.4, -0.2) is 26.3 Å². The van der Waals surface area contributed by atoms with E-state index in [1.165, 1.54) is 42.5 Å². The number of hydrogen-bond acceptors (Lipinski definition) is 3. The highest BCUT2D eigenvalue weighted by Gasteiger charge is 2.58. The van der Waals surface area contributed by atoms with E-state index >= 15 is 0 Å². The first-order chi connectivity index (χ1) is 11.1. The molecule has 4 nitrogen and oxygen atoms in total. The van der Waals surface area contributed by atoms with Gasteiger partial charge in [0, 0.05) is 0 Å². The molecule has 2 rings (SSSR count). The molecule has 130 valence electrons. The van der Waals surface area contributed by atoms with Gasteiger partial charge in [-0.3, -0.25) is 0 Å². The predicted octanol–water partition coefficient (Wildman–Crippen LogP) is 2.72. The molecule has 0 amide bonds. The fourth-order valence-electron chi connectivity index (χ4n) is 2.22. The number of nitrogens with one attached hydrogen (secondary N) is 1. The summed E-state index contributed by atoms with van der Waals surface area (Å²) in [4.78, 5) is -0.314. The molecule has 0 saturated carbocycles. The number of sulfonamides is 1. The van der Waals surface area contributed by atoms with Crippen LogP contribution in [0.15, 0.2) is 59.5 Å². The zero-order valence-electron chi connectivity index (χ0n) is 12.7. The van der Waals surface area contributed by atoms with E-state index in [1.807, 2.05) is 0 Å². The molecule has 0 aromatic heterocycles. The number of hydrogen-bond donors (Lipinski definition) is 2. The zero-order chi connectivity index (χ0) is 18.0. The maximum absolute atomic E-state index is 13.7. The first-order valence-electron chi connectivity index (χ1n) is 6.96. The van der Waals surface area contributed by atoms with Crippen molar-refractivity contribution in [1.82, 2.24) is 4.72 Å². The first-order valence-corrected chi connectivity index (χ1v) is 8.44. The van der Waals surface area contributed by atoms with Crippen molar-refractivity contribution in [3.05, 3.63) is 65.7 Å². The molecule has 2 aromatic carbocycles. The number of aliphatic hydroxyl groups excluding tert-OH is 1. The Morgan fingerprint density at radius 3 is 2.00 bits per heavy atom. The zero-order valence-corrected chi connectivity index (χ0v) is 13.5. The lowest BCUT2D eigenvalue weighted by molar-refractivity contribution is -0.205. The van der Waals surface area contributed by atoms with E-state index in [1.54, 1.807) is 11.6 Å². The maximum Gasteiger partial charge on any atom is 0.413 e.